The molecular weight excluding hydrogens is 319 g/mol. The highest BCUT2D eigenvalue weighted by atomic mass is 19.4. The minimum absolute atomic E-state index is 0.269. The van der Waals surface area contributed by atoms with Crippen LogP contribution in [0, 0.1) is 5.92 Å². The molecule has 2 aromatic rings. The van der Waals surface area contributed by atoms with Crippen LogP contribution in [0.15, 0.2) is 30.5 Å². The fraction of sp³-hybridized carbons (Fsp3) is 0.438. The topological polar surface area (TPSA) is 53.9 Å². The van der Waals surface area contributed by atoms with Gasteiger partial charge in [0.2, 0.25) is 5.95 Å². The average Bonchev–Trinajstić information content (AvgIpc) is 2.55. The number of rotatable bonds is 3. The van der Waals surface area contributed by atoms with Crippen molar-refractivity contribution < 1.29 is 13.2 Å². The summed E-state index contributed by atoms with van der Waals surface area (Å²) in [7, 11) is 0. The first-order chi connectivity index (χ1) is 11.4. The molecule has 0 spiro atoms. The van der Waals surface area contributed by atoms with Crippen molar-refractivity contribution in [3.05, 3.63) is 36.0 Å². The molecule has 24 heavy (non-hydrogen) atoms. The minimum Gasteiger partial charge on any atom is -0.355 e. The summed E-state index contributed by atoms with van der Waals surface area (Å²) in [5.41, 5.74) is -0.211. The van der Waals surface area contributed by atoms with Gasteiger partial charge < -0.3 is 10.2 Å². The highest BCUT2D eigenvalue weighted by molar-refractivity contribution is 5.55. The van der Waals surface area contributed by atoms with E-state index in [4.69, 9.17) is 0 Å². The fourth-order valence-electron chi connectivity index (χ4n) is 2.77. The van der Waals surface area contributed by atoms with E-state index in [0.29, 0.717) is 11.6 Å². The quantitative estimate of drug-likeness (QED) is 0.921. The van der Waals surface area contributed by atoms with Crippen molar-refractivity contribution in [1.82, 2.24) is 15.2 Å². The van der Waals surface area contributed by atoms with Gasteiger partial charge in [-0.05, 0) is 43.0 Å². The van der Waals surface area contributed by atoms with Crippen molar-refractivity contribution in [2.45, 2.75) is 25.9 Å². The highest BCUT2D eigenvalue weighted by Crippen LogP contribution is 2.30. The van der Waals surface area contributed by atoms with Crippen LogP contribution in [-0.2, 0) is 6.18 Å². The molecule has 1 atom stereocenters. The molecule has 1 aromatic carbocycles. The van der Waals surface area contributed by atoms with E-state index < -0.39 is 11.7 Å². The van der Waals surface area contributed by atoms with Crippen LogP contribution < -0.4 is 10.2 Å². The number of benzene rings is 1. The third-order valence-electron chi connectivity index (χ3n) is 4.00. The van der Waals surface area contributed by atoms with Crippen molar-refractivity contribution in [1.29, 1.82) is 0 Å². The van der Waals surface area contributed by atoms with Gasteiger partial charge in [0, 0.05) is 18.8 Å². The molecule has 8 heteroatoms. The second-order valence-corrected chi connectivity index (χ2v) is 6.03. The summed E-state index contributed by atoms with van der Waals surface area (Å²) in [6.45, 7) is 4.03. The zero-order chi connectivity index (χ0) is 17.2. The molecule has 1 N–H and O–H groups in total. The second kappa shape index (κ2) is 6.62. The van der Waals surface area contributed by atoms with Crippen molar-refractivity contribution in [3.63, 3.8) is 0 Å². The molecule has 0 radical (unpaired) electrons. The highest BCUT2D eigenvalue weighted by Gasteiger charge is 2.30. The third-order valence-corrected chi connectivity index (χ3v) is 4.00. The Labute approximate surface area is 137 Å². The molecular formula is C16H18F3N5. The Morgan fingerprint density at radius 2 is 1.96 bits per heavy atom. The van der Waals surface area contributed by atoms with E-state index in [0.717, 1.165) is 37.5 Å². The van der Waals surface area contributed by atoms with E-state index in [1.54, 1.807) is 6.20 Å². The van der Waals surface area contributed by atoms with Gasteiger partial charge >= 0.3 is 6.18 Å². The van der Waals surface area contributed by atoms with E-state index in [2.05, 4.69) is 32.3 Å². The lowest BCUT2D eigenvalue weighted by molar-refractivity contribution is -0.137. The van der Waals surface area contributed by atoms with Gasteiger partial charge in [-0.25, -0.2) is 0 Å². The van der Waals surface area contributed by atoms with Crippen LogP contribution in [0.3, 0.4) is 0 Å². The van der Waals surface area contributed by atoms with E-state index in [-0.39, 0.29) is 5.95 Å². The molecule has 0 bridgehead atoms. The maximum Gasteiger partial charge on any atom is 0.416 e. The molecule has 1 aromatic heterocycles. The predicted molar refractivity (Wildman–Crippen MR) is 85.2 cm³/mol. The van der Waals surface area contributed by atoms with Crippen LogP contribution in [0.5, 0.6) is 0 Å². The normalized spacial score (nSPS) is 18.5. The summed E-state index contributed by atoms with van der Waals surface area (Å²) in [6.07, 6.45) is -0.435. The molecule has 1 aliphatic rings. The smallest absolute Gasteiger partial charge is 0.355 e. The van der Waals surface area contributed by atoms with Gasteiger partial charge in [0.25, 0.3) is 0 Å². The Kier molecular flexibility index (Phi) is 4.55. The Balaban J connectivity index is 1.72. The molecule has 2 heterocycles. The van der Waals surface area contributed by atoms with Crippen molar-refractivity contribution in [2.24, 2.45) is 5.92 Å². The number of anilines is 3. The van der Waals surface area contributed by atoms with Crippen molar-refractivity contribution >= 4 is 17.5 Å². The Bertz CT molecular complexity index is 687. The summed E-state index contributed by atoms with van der Waals surface area (Å²) in [5, 5.41) is 10.7. The number of halogens is 3. The van der Waals surface area contributed by atoms with Crippen LogP contribution >= 0.6 is 0 Å². The maximum atomic E-state index is 12.6. The lowest BCUT2D eigenvalue weighted by Gasteiger charge is -2.31. The number of piperidine rings is 1. The number of aromatic nitrogens is 3. The summed E-state index contributed by atoms with van der Waals surface area (Å²) < 4.78 is 37.7. The van der Waals surface area contributed by atoms with E-state index in [9.17, 15) is 13.2 Å². The summed E-state index contributed by atoms with van der Waals surface area (Å²) in [5.74, 6) is 1.59. The van der Waals surface area contributed by atoms with Gasteiger partial charge in [-0.2, -0.15) is 23.3 Å². The number of nitrogens with one attached hydrogen (secondary N) is 1. The summed E-state index contributed by atoms with van der Waals surface area (Å²) >= 11 is 0. The molecule has 5 nitrogen and oxygen atoms in total. The van der Waals surface area contributed by atoms with Crippen LogP contribution in [-0.4, -0.2) is 28.3 Å². The molecule has 1 aliphatic heterocycles. The van der Waals surface area contributed by atoms with E-state index in [1.807, 2.05) is 0 Å². The first kappa shape index (κ1) is 16.5. The Morgan fingerprint density at radius 1 is 1.21 bits per heavy atom. The maximum absolute atomic E-state index is 12.6. The standard InChI is InChI=1S/C16H18F3N5/c1-11-3-2-8-24(10-11)14-9-20-23-15(22-14)21-13-6-4-12(5-7-13)16(17,18)19/h4-7,9,11H,2-3,8,10H2,1H3,(H,21,22,23). The molecule has 3 rings (SSSR count). The molecule has 1 fully saturated rings. The third kappa shape index (κ3) is 3.93. The van der Waals surface area contributed by atoms with E-state index in [1.165, 1.54) is 18.6 Å². The molecule has 128 valence electrons. The van der Waals surface area contributed by atoms with Gasteiger partial charge in [-0.1, -0.05) is 6.92 Å². The summed E-state index contributed by atoms with van der Waals surface area (Å²) in [6, 6.07) is 4.74. The van der Waals surface area contributed by atoms with Gasteiger partial charge in [-0.3, -0.25) is 0 Å². The number of alkyl halides is 3. The SMILES string of the molecule is CC1CCCN(c2cnnc(Nc3ccc(C(F)(F)F)cc3)n2)C1. The van der Waals surface area contributed by atoms with E-state index >= 15 is 0 Å². The van der Waals surface area contributed by atoms with Gasteiger partial charge in [0.05, 0.1) is 11.8 Å². The molecule has 0 saturated carbocycles. The molecule has 0 amide bonds. The van der Waals surface area contributed by atoms with Gasteiger partial charge in [-0.15, -0.1) is 5.10 Å². The van der Waals surface area contributed by atoms with Crippen LogP contribution in [0.1, 0.15) is 25.3 Å². The Morgan fingerprint density at radius 3 is 2.62 bits per heavy atom. The fourth-order valence-corrected chi connectivity index (χ4v) is 2.77. The lowest BCUT2D eigenvalue weighted by Crippen LogP contribution is -2.35. The minimum atomic E-state index is -4.35. The Hall–Kier alpha value is -2.38. The first-order valence-electron chi connectivity index (χ1n) is 7.81. The summed E-state index contributed by atoms with van der Waals surface area (Å²) in [4.78, 5) is 6.57. The number of nitrogens with zero attached hydrogens (tertiary/aromatic N) is 4. The van der Waals surface area contributed by atoms with Crippen LogP contribution in [0.2, 0.25) is 0 Å². The average molecular weight is 337 g/mol. The number of hydrogen-bond donors (Lipinski definition) is 1. The first-order valence-corrected chi connectivity index (χ1v) is 7.81. The monoisotopic (exact) mass is 337 g/mol. The molecule has 0 aliphatic carbocycles. The lowest BCUT2D eigenvalue weighted by atomic mass is 10.0. The largest absolute Gasteiger partial charge is 0.416 e. The van der Waals surface area contributed by atoms with Crippen LogP contribution in [0.4, 0.5) is 30.6 Å². The second-order valence-electron chi connectivity index (χ2n) is 6.03. The predicted octanol–water partition coefficient (Wildman–Crippen LogP) is 3.87. The van der Waals surface area contributed by atoms with Crippen molar-refractivity contribution in [2.75, 3.05) is 23.3 Å². The number of hydrogen-bond acceptors (Lipinski definition) is 5. The zero-order valence-electron chi connectivity index (χ0n) is 13.2. The van der Waals surface area contributed by atoms with Crippen LogP contribution in [0.25, 0.3) is 0 Å². The molecule has 1 saturated heterocycles. The van der Waals surface area contributed by atoms with Crippen molar-refractivity contribution in [3.8, 4) is 0 Å². The molecule has 1 unspecified atom stereocenters. The zero-order valence-corrected chi connectivity index (χ0v) is 13.2. The van der Waals surface area contributed by atoms with Gasteiger partial charge in [0.15, 0.2) is 5.82 Å². The van der Waals surface area contributed by atoms with Gasteiger partial charge in [0.1, 0.15) is 0 Å².